The molecule has 1 aromatic rings. The fourth-order valence-electron chi connectivity index (χ4n) is 3.53. The van der Waals surface area contributed by atoms with Crippen molar-refractivity contribution < 1.29 is 14.0 Å². The first-order valence-corrected chi connectivity index (χ1v) is 8.28. The number of rotatable bonds is 5. The largest absolute Gasteiger partial charge is 0.468 e. The zero-order chi connectivity index (χ0) is 16.2. The molecule has 2 atom stereocenters. The number of amides is 3. The van der Waals surface area contributed by atoms with E-state index in [0.717, 1.165) is 25.3 Å². The molecule has 0 radical (unpaired) electrons. The molecule has 0 spiro atoms. The van der Waals surface area contributed by atoms with E-state index in [9.17, 15) is 9.59 Å². The van der Waals surface area contributed by atoms with Gasteiger partial charge in [-0.05, 0) is 50.9 Å². The standard InChI is InChI=1S/C16H24N4O3/c17-15(21)12-5-3-9-20(12)16(22)18-11-13(14-6-4-10-23-14)19-7-1-2-8-19/h4,6,10,12-13H,1-3,5,7-9,11H2,(H2,17,21)(H,18,22)/t12-,13+/m1/s1. The summed E-state index contributed by atoms with van der Waals surface area (Å²) in [5.41, 5.74) is 5.37. The maximum absolute atomic E-state index is 12.4. The van der Waals surface area contributed by atoms with Gasteiger partial charge in [0.2, 0.25) is 5.91 Å². The number of nitrogens with two attached hydrogens (primary N) is 1. The molecule has 2 saturated heterocycles. The van der Waals surface area contributed by atoms with Gasteiger partial charge in [0, 0.05) is 13.1 Å². The Bertz CT molecular complexity index is 540. The lowest BCUT2D eigenvalue weighted by Crippen LogP contribution is -2.49. The van der Waals surface area contributed by atoms with Gasteiger partial charge in [0.25, 0.3) is 0 Å². The summed E-state index contributed by atoms with van der Waals surface area (Å²) in [7, 11) is 0. The van der Waals surface area contributed by atoms with Crippen LogP contribution >= 0.6 is 0 Å². The average Bonchev–Trinajstić information content (AvgIpc) is 3.29. The quantitative estimate of drug-likeness (QED) is 0.849. The molecule has 3 amide bonds. The smallest absolute Gasteiger partial charge is 0.318 e. The zero-order valence-corrected chi connectivity index (χ0v) is 13.2. The van der Waals surface area contributed by atoms with E-state index in [4.69, 9.17) is 10.2 Å². The van der Waals surface area contributed by atoms with Crippen molar-refractivity contribution in [2.24, 2.45) is 5.73 Å². The summed E-state index contributed by atoms with van der Waals surface area (Å²) in [4.78, 5) is 27.7. The number of likely N-dealkylation sites (tertiary alicyclic amines) is 2. The maximum atomic E-state index is 12.4. The maximum Gasteiger partial charge on any atom is 0.318 e. The van der Waals surface area contributed by atoms with Gasteiger partial charge in [0.05, 0.1) is 12.3 Å². The normalized spacial score (nSPS) is 23.1. The third-order valence-corrected chi connectivity index (χ3v) is 4.74. The van der Waals surface area contributed by atoms with Gasteiger partial charge in [-0.15, -0.1) is 0 Å². The lowest BCUT2D eigenvalue weighted by molar-refractivity contribution is -0.121. The number of hydrogen-bond donors (Lipinski definition) is 2. The number of carbonyl (C=O) groups excluding carboxylic acids is 2. The molecule has 3 rings (SSSR count). The van der Waals surface area contributed by atoms with Crippen LogP contribution in [0.5, 0.6) is 0 Å². The third-order valence-electron chi connectivity index (χ3n) is 4.74. The summed E-state index contributed by atoms with van der Waals surface area (Å²) in [5, 5.41) is 2.95. The Hall–Kier alpha value is -2.02. The van der Waals surface area contributed by atoms with Gasteiger partial charge in [0.1, 0.15) is 11.8 Å². The van der Waals surface area contributed by atoms with Crippen LogP contribution < -0.4 is 11.1 Å². The molecule has 3 heterocycles. The Morgan fingerprint density at radius 1 is 1.30 bits per heavy atom. The molecule has 7 nitrogen and oxygen atoms in total. The molecule has 2 aliphatic heterocycles. The number of nitrogens with zero attached hydrogens (tertiary/aromatic N) is 2. The number of furan rings is 1. The highest BCUT2D eigenvalue weighted by atomic mass is 16.3. The predicted octanol–water partition coefficient (Wildman–Crippen LogP) is 1.08. The van der Waals surface area contributed by atoms with E-state index in [1.54, 1.807) is 11.2 Å². The molecule has 3 N–H and O–H groups in total. The lowest BCUT2D eigenvalue weighted by Gasteiger charge is -2.28. The zero-order valence-electron chi connectivity index (χ0n) is 13.2. The van der Waals surface area contributed by atoms with E-state index in [1.807, 2.05) is 12.1 Å². The first kappa shape index (κ1) is 15.9. The van der Waals surface area contributed by atoms with Crippen LogP contribution in [0.1, 0.15) is 37.5 Å². The molecular formula is C16H24N4O3. The molecule has 2 aliphatic rings. The van der Waals surface area contributed by atoms with Gasteiger partial charge in [0.15, 0.2) is 0 Å². The van der Waals surface area contributed by atoms with Crippen LogP contribution in [-0.4, -0.2) is 54.0 Å². The van der Waals surface area contributed by atoms with Crippen LogP contribution in [0.3, 0.4) is 0 Å². The van der Waals surface area contributed by atoms with E-state index in [0.29, 0.717) is 19.5 Å². The van der Waals surface area contributed by atoms with Crippen molar-refractivity contribution in [1.82, 2.24) is 15.1 Å². The first-order chi connectivity index (χ1) is 11.2. The van der Waals surface area contributed by atoms with E-state index in [-0.39, 0.29) is 12.1 Å². The molecule has 126 valence electrons. The summed E-state index contributed by atoms with van der Waals surface area (Å²) < 4.78 is 5.54. The Kier molecular flexibility index (Phi) is 4.85. The molecule has 0 aliphatic carbocycles. The fourth-order valence-corrected chi connectivity index (χ4v) is 3.53. The summed E-state index contributed by atoms with van der Waals surface area (Å²) in [6, 6.07) is 3.14. The van der Waals surface area contributed by atoms with Crippen molar-refractivity contribution in [3.05, 3.63) is 24.2 Å². The number of carbonyl (C=O) groups is 2. The molecule has 0 saturated carbocycles. The minimum Gasteiger partial charge on any atom is -0.468 e. The molecule has 23 heavy (non-hydrogen) atoms. The van der Waals surface area contributed by atoms with Crippen molar-refractivity contribution in [3.63, 3.8) is 0 Å². The van der Waals surface area contributed by atoms with Crippen LogP contribution in [0.2, 0.25) is 0 Å². The van der Waals surface area contributed by atoms with Gasteiger partial charge in [-0.25, -0.2) is 4.79 Å². The second-order valence-corrected chi connectivity index (χ2v) is 6.21. The number of hydrogen-bond acceptors (Lipinski definition) is 4. The minimum atomic E-state index is -0.483. The van der Waals surface area contributed by atoms with Crippen molar-refractivity contribution >= 4 is 11.9 Å². The molecule has 2 fully saturated rings. The molecule has 0 unspecified atom stereocenters. The number of urea groups is 1. The van der Waals surface area contributed by atoms with Crippen molar-refractivity contribution in [3.8, 4) is 0 Å². The van der Waals surface area contributed by atoms with E-state index >= 15 is 0 Å². The van der Waals surface area contributed by atoms with Crippen molar-refractivity contribution in [2.75, 3.05) is 26.2 Å². The van der Waals surface area contributed by atoms with Crippen molar-refractivity contribution in [2.45, 2.75) is 37.8 Å². The van der Waals surface area contributed by atoms with Crippen LogP contribution in [0, 0.1) is 0 Å². The monoisotopic (exact) mass is 320 g/mol. The van der Waals surface area contributed by atoms with Gasteiger partial charge in [-0.2, -0.15) is 0 Å². The van der Waals surface area contributed by atoms with Crippen LogP contribution in [0.4, 0.5) is 4.79 Å². The highest BCUT2D eigenvalue weighted by Crippen LogP contribution is 2.25. The van der Waals surface area contributed by atoms with E-state index < -0.39 is 11.9 Å². The lowest BCUT2D eigenvalue weighted by atomic mass is 10.2. The van der Waals surface area contributed by atoms with Crippen molar-refractivity contribution in [1.29, 1.82) is 0 Å². The highest BCUT2D eigenvalue weighted by molar-refractivity contribution is 5.86. The second-order valence-electron chi connectivity index (χ2n) is 6.21. The molecule has 1 aromatic heterocycles. The molecular weight excluding hydrogens is 296 g/mol. The minimum absolute atomic E-state index is 0.0334. The molecule has 7 heteroatoms. The van der Waals surface area contributed by atoms with E-state index in [1.165, 1.54) is 12.8 Å². The Morgan fingerprint density at radius 2 is 2.09 bits per heavy atom. The third kappa shape index (κ3) is 3.50. The second kappa shape index (κ2) is 7.04. The Labute approximate surface area is 135 Å². The number of nitrogens with one attached hydrogen (secondary N) is 1. The van der Waals surface area contributed by atoms with Gasteiger partial charge < -0.3 is 20.4 Å². The predicted molar refractivity (Wildman–Crippen MR) is 84.6 cm³/mol. The summed E-state index contributed by atoms with van der Waals surface area (Å²) in [6.07, 6.45) is 5.46. The Morgan fingerprint density at radius 3 is 2.74 bits per heavy atom. The highest BCUT2D eigenvalue weighted by Gasteiger charge is 2.33. The van der Waals surface area contributed by atoms with Gasteiger partial charge in [-0.1, -0.05) is 0 Å². The topological polar surface area (TPSA) is 91.8 Å². The summed E-state index contributed by atoms with van der Waals surface area (Å²) in [5.74, 6) is 0.430. The summed E-state index contributed by atoms with van der Waals surface area (Å²) >= 11 is 0. The van der Waals surface area contributed by atoms with Gasteiger partial charge in [-0.3, -0.25) is 9.69 Å². The van der Waals surface area contributed by atoms with Crippen LogP contribution in [0.15, 0.2) is 22.8 Å². The summed E-state index contributed by atoms with van der Waals surface area (Å²) in [6.45, 7) is 3.06. The average molecular weight is 320 g/mol. The van der Waals surface area contributed by atoms with Gasteiger partial charge >= 0.3 is 6.03 Å². The van der Waals surface area contributed by atoms with Crippen LogP contribution in [0.25, 0.3) is 0 Å². The number of primary amides is 1. The Balaban J connectivity index is 1.62. The van der Waals surface area contributed by atoms with Crippen LogP contribution in [-0.2, 0) is 4.79 Å². The molecule has 0 aromatic carbocycles. The first-order valence-electron chi connectivity index (χ1n) is 8.28. The molecule has 0 bridgehead atoms. The fraction of sp³-hybridized carbons (Fsp3) is 0.625. The van der Waals surface area contributed by atoms with E-state index in [2.05, 4.69) is 10.2 Å². The SMILES string of the molecule is NC(=O)[C@H]1CCCN1C(=O)NC[C@@H](c1ccco1)N1CCCC1.